The second-order valence-corrected chi connectivity index (χ2v) is 7.11. The summed E-state index contributed by atoms with van der Waals surface area (Å²) in [6, 6.07) is 0.715. The van der Waals surface area contributed by atoms with Gasteiger partial charge in [-0.05, 0) is 55.8 Å². The molecule has 2 saturated carbocycles. The Balaban J connectivity index is 1.58. The fraction of sp³-hybridized carbons (Fsp3) is 0.933. The second kappa shape index (κ2) is 4.52. The van der Waals surface area contributed by atoms with Gasteiger partial charge in [0.15, 0.2) is 0 Å². The first-order valence-corrected chi connectivity index (χ1v) is 7.61. The van der Waals surface area contributed by atoms with E-state index in [1.807, 2.05) is 0 Å². The minimum Gasteiger partial charge on any atom is -0.368 e. The molecule has 3 aliphatic rings. The van der Waals surface area contributed by atoms with Crippen molar-refractivity contribution in [1.29, 1.82) is 0 Å². The highest BCUT2D eigenvalue weighted by Gasteiger charge is 2.49. The number of hydrogen-bond acceptors (Lipinski definition) is 2. The molecule has 0 spiro atoms. The number of primary amides is 1. The Bertz CT molecular complexity index is 335. The fourth-order valence-corrected chi connectivity index (χ4v) is 4.51. The topological polar surface area (TPSA) is 46.3 Å². The van der Waals surface area contributed by atoms with Crippen LogP contribution in [0.15, 0.2) is 0 Å². The van der Waals surface area contributed by atoms with Gasteiger partial charge in [-0.3, -0.25) is 9.69 Å². The van der Waals surface area contributed by atoms with E-state index in [9.17, 15) is 4.79 Å². The molecule has 18 heavy (non-hydrogen) atoms. The van der Waals surface area contributed by atoms with Crippen LogP contribution in [0.2, 0.25) is 0 Å². The van der Waals surface area contributed by atoms with Crippen molar-refractivity contribution in [1.82, 2.24) is 4.90 Å². The van der Waals surface area contributed by atoms with Crippen LogP contribution in [-0.4, -0.2) is 29.4 Å². The van der Waals surface area contributed by atoms with E-state index >= 15 is 0 Å². The predicted octanol–water partition coefficient (Wildman–Crippen LogP) is 2.01. The van der Waals surface area contributed by atoms with Gasteiger partial charge in [0.2, 0.25) is 5.91 Å². The lowest BCUT2D eigenvalue weighted by Crippen LogP contribution is -2.51. The van der Waals surface area contributed by atoms with Crippen LogP contribution in [0.25, 0.3) is 0 Å². The van der Waals surface area contributed by atoms with E-state index in [0.717, 1.165) is 24.3 Å². The summed E-state index contributed by atoms with van der Waals surface area (Å²) in [5.41, 5.74) is 5.60. The van der Waals surface area contributed by atoms with Crippen LogP contribution in [0, 0.1) is 23.7 Å². The van der Waals surface area contributed by atoms with Crippen molar-refractivity contribution in [2.45, 2.75) is 58.0 Å². The lowest BCUT2D eigenvalue weighted by Gasteiger charge is -2.43. The molecule has 0 aromatic rings. The minimum atomic E-state index is -0.0815. The van der Waals surface area contributed by atoms with Crippen molar-refractivity contribution in [3.63, 3.8) is 0 Å². The zero-order valence-electron chi connectivity index (χ0n) is 11.6. The van der Waals surface area contributed by atoms with Gasteiger partial charge in [-0.1, -0.05) is 13.8 Å². The highest BCUT2D eigenvalue weighted by Crippen LogP contribution is 2.45. The van der Waals surface area contributed by atoms with Gasteiger partial charge in [-0.2, -0.15) is 0 Å². The maximum Gasteiger partial charge on any atom is 0.235 e. The Morgan fingerprint density at radius 3 is 2.61 bits per heavy atom. The Hall–Kier alpha value is -0.570. The first-order chi connectivity index (χ1) is 8.56. The predicted molar refractivity (Wildman–Crippen MR) is 71.9 cm³/mol. The molecule has 0 unspecified atom stereocenters. The summed E-state index contributed by atoms with van der Waals surface area (Å²) >= 11 is 0. The third kappa shape index (κ3) is 1.97. The van der Waals surface area contributed by atoms with Crippen LogP contribution < -0.4 is 5.73 Å². The summed E-state index contributed by atoms with van der Waals surface area (Å²) in [6.45, 7) is 5.77. The molecular formula is C15H26N2O. The molecule has 2 bridgehead atoms. The van der Waals surface area contributed by atoms with Crippen LogP contribution in [0.1, 0.15) is 46.0 Å². The summed E-state index contributed by atoms with van der Waals surface area (Å²) in [6.07, 6.45) is 6.44. The van der Waals surface area contributed by atoms with Crippen molar-refractivity contribution in [2.75, 3.05) is 6.54 Å². The third-order valence-electron chi connectivity index (χ3n) is 5.69. The fourth-order valence-electron chi connectivity index (χ4n) is 4.51. The average molecular weight is 250 g/mol. The van der Waals surface area contributed by atoms with Gasteiger partial charge in [0.1, 0.15) is 0 Å². The number of amides is 1. The highest BCUT2D eigenvalue weighted by atomic mass is 16.1. The monoisotopic (exact) mass is 250 g/mol. The van der Waals surface area contributed by atoms with E-state index < -0.39 is 0 Å². The summed E-state index contributed by atoms with van der Waals surface area (Å²) < 4.78 is 0. The SMILES string of the molecule is CC(C)C1CC(CN2[C@@H]3CC[C@@H](C3)[C@@H]2C(N)=O)C1. The molecule has 1 heterocycles. The van der Waals surface area contributed by atoms with Crippen LogP contribution in [0.5, 0.6) is 0 Å². The average Bonchev–Trinajstić information content (AvgIpc) is 2.81. The molecule has 3 nitrogen and oxygen atoms in total. The van der Waals surface area contributed by atoms with Gasteiger partial charge in [0.25, 0.3) is 0 Å². The molecule has 0 aromatic heterocycles. The van der Waals surface area contributed by atoms with Gasteiger partial charge in [0, 0.05) is 12.6 Å². The number of hydrogen-bond donors (Lipinski definition) is 1. The number of carbonyl (C=O) groups excluding carboxylic acids is 1. The maximum absolute atomic E-state index is 11.6. The maximum atomic E-state index is 11.6. The number of fused-ring (bicyclic) bond motifs is 2. The molecule has 3 atom stereocenters. The lowest BCUT2D eigenvalue weighted by molar-refractivity contribution is -0.125. The van der Waals surface area contributed by atoms with Crippen LogP contribution in [-0.2, 0) is 4.79 Å². The molecule has 3 fully saturated rings. The van der Waals surface area contributed by atoms with Crippen molar-refractivity contribution in [2.24, 2.45) is 29.4 Å². The Kier molecular flexibility index (Phi) is 3.13. The number of likely N-dealkylation sites (tertiary alicyclic amines) is 1. The molecule has 0 radical (unpaired) electrons. The largest absolute Gasteiger partial charge is 0.368 e. The zero-order valence-corrected chi connectivity index (χ0v) is 11.6. The zero-order chi connectivity index (χ0) is 12.9. The van der Waals surface area contributed by atoms with E-state index in [0.29, 0.717) is 12.0 Å². The smallest absolute Gasteiger partial charge is 0.235 e. The molecule has 3 rings (SSSR count). The van der Waals surface area contributed by atoms with Gasteiger partial charge < -0.3 is 5.73 Å². The van der Waals surface area contributed by atoms with Crippen LogP contribution in [0.3, 0.4) is 0 Å². The molecule has 0 aromatic carbocycles. The van der Waals surface area contributed by atoms with Crippen molar-refractivity contribution in [3.8, 4) is 0 Å². The summed E-state index contributed by atoms with van der Waals surface area (Å²) in [4.78, 5) is 14.1. The number of carbonyl (C=O) groups is 1. The first-order valence-electron chi connectivity index (χ1n) is 7.61. The number of nitrogens with two attached hydrogens (primary N) is 1. The number of rotatable bonds is 4. The molecule has 2 N–H and O–H groups in total. The minimum absolute atomic E-state index is 0.0573. The summed E-state index contributed by atoms with van der Waals surface area (Å²) in [5, 5.41) is 0. The standard InChI is InChI=1S/C15H26N2O/c1-9(2)12-5-10(6-12)8-17-13-4-3-11(7-13)14(17)15(16)18/h9-14H,3-8H2,1-2H3,(H2,16,18)/t10?,11-,12?,13+,14+/m0/s1. The van der Waals surface area contributed by atoms with E-state index in [-0.39, 0.29) is 11.9 Å². The Morgan fingerprint density at radius 2 is 2.00 bits per heavy atom. The molecule has 102 valence electrons. The van der Waals surface area contributed by atoms with Gasteiger partial charge in [0.05, 0.1) is 6.04 Å². The van der Waals surface area contributed by atoms with E-state index in [4.69, 9.17) is 5.73 Å². The second-order valence-electron chi connectivity index (χ2n) is 7.11. The quantitative estimate of drug-likeness (QED) is 0.829. The number of piperidine rings is 1. The summed E-state index contributed by atoms with van der Waals surface area (Å²) in [7, 11) is 0. The Morgan fingerprint density at radius 1 is 1.28 bits per heavy atom. The normalized spacial score (nSPS) is 43.4. The molecule has 1 amide bonds. The van der Waals surface area contributed by atoms with E-state index in [1.54, 1.807) is 0 Å². The summed E-state index contributed by atoms with van der Waals surface area (Å²) in [5.74, 6) is 3.04. The van der Waals surface area contributed by atoms with Crippen LogP contribution >= 0.6 is 0 Å². The Labute approximate surface area is 110 Å². The lowest BCUT2D eigenvalue weighted by atomic mass is 9.69. The third-order valence-corrected chi connectivity index (χ3v) is 5.69. The number of nitrogens with zero attached hydrogens (tertiary/aromatic N) is 1. The molecule has 1 saturated heterocycles. The van der Waals surface area contributed by atoms with Crippen molar-refractivity contribution >= 4 is 5.91 Å². The molecule has 2 aliphatic carbocycles. The van der Waals surface area contributed by atoms with Crippen molar-refractivity contribution in [3.05, 3.63) is 0 Å². The van der Waals surface area contributed by atoms with Crippen molar-refractivity contribution < 1.29 is 4.79 Å². The van der Waals surface area contributed by atoms with E-state index in [2.05, 4.69) is 18.7 Å². The van der Waals surface area contributed by atoms with E-state index in [1.165, 1.54) is 32.1 Å². The van der Waals surface area contributed by atoms with Gasteiger partial charge in [-0.25, -0.2) is 0 Å². The first kappa shape index (κ1) is 12.5. The molecular weight excluding hydrogens is 224 g/mol. The molecule has 1 aliphatic heterocycles. The van der Waals surface area contributed by atoms with Gasteiger partial charge >= 0.3 is 0 Å². The van der Waals surface area contributed by atoms with Gasteiger partial charge in [-0.15, -0.1) is 0 Å². The highest BCUT2D eigenvalue weighted by molar-refractivity contribution is 5.81. The van der Waals surface area contributed by atoms with Crippen LogP contribution in [0.4, 0.5) is 0 Å². The molecule has 3 heteroatoms.